The van der Waals surface area contributed by atoms with Crippen LogP contribution in [0.5, 0.6) is 5.75 Å². The third kappa shape index (κ3) is 3.10. The van der Waals surface area contributed by atoms with Crippen LogP contribution in [0.25, 0.3) is 0 Å². The molecule has 1 aromatic carbocycles. The van der Waals surface area contributed by atoms with E-state index >= 15 is 0 Å². The van der Waals surface area contributed by atoms with E-state index in [1.165, 1.54) is 20.2 Å². The number of nitrogens with zero attached hydrogens (tertiary/aromatic N) is 1. The summed E-state index contributed by atoms with van der Waals surface area (Å²) in [5.74, 6) is -0.834. The van der Waals surface area contributed by atoms with Crippen LogP contribution in [0.2, 0.25) is 0 Å². The lowest BCUT2D eigenvalue weighted by molar-refractivity contribution is -0.138. The molecule has 0 saturated heterocycles. The summed E-state index contributed by atoms with van der Waals surface area (Å²) >= 11 is 0. The van der Waals surface area contributed by atoms with Crippen molar-refractivity contribution >= 4 is 5.90 Å². The van der Waals surface area contributed by atoms with Crippen molar-refractivity contribution in [3.63, 3.8) is 0 Å². The summed E-state index contributed by atoms with van der Waals surface area (Å²) in [6, 6.07) is 3.00. The maximum atomic E-state index is 12.5. The van der Waals surface area contributed by atoms with Crippen LogP contribution >= 0.6 is 0 Å². The first-order chi connectivity index (χ1) is 7.90. The number of rotatable bonds is 2. The Morgan fingerprint density at radius 3 is 2.53 bits per heavy atom. The number of benzene rings is 1. The molecule has 0 atom stereocenters. The molecular weight excluding hydrogens is 237 g/mol. The first kappa shape index (κ1) is 13.3. The highest BCUT2D eigenvalue weighted by atomic mass is 19.4. The number of aromatic hydroxyl groups is 1. The molecule has 4 nitrogen and oxygen atoms in total. The van der Waals surface area contributed by atoms with Gasteiger partial charge in [0.1, 0.15) is 5.75 Å². The molecule has 0 aliphatic heterocycles. The van der Waals surface area contributed by atoms with E-state index in [1.54, 1.807) is 0 Å². The van der Waals surface area contributed by atoms with Crippen LogP contribution in [0, 0.1) is 0 Å². The normalized spacial score (nSPS) is 12.6. The number of alkyl halides is 3. The Bertz CT molecular complexity index is 430. The number of phenols is 1. The molecule has 0 spiro atoms. The Morgan fingerprint density at radius 1 is 1.41 bits per heavy atom. The summed E-state index contributed by atoms with van der Waals surface area (Å²) in [5, 5.41) is 9.14. The Morgan fingerprint density at radius 2 is 2.06 bits per heavy atom. The van der Waals surface area contributed by atoms with E-state index in [-0.39, 0.29) is 11.5 Å². The summed E-state index contributed by atoms with van der Waals surface area (Å²) in [5.41, 5.74) is 1.30. The number of aliphatic imine (C=N–C) groups is 1. The zero-order valence-electron chi connectivity index (χ0n) is 9.17. The molecule has 0 heterocycles. The summed E-state index contributed by atoms with van der Waals surface area (Å²) < 4.78 is 37.6. The fraction of sp³-hybridized carbons (Fsp3) is 0.300. The molecule has 2 N–H and O–H groups in total. The van der Waals surface area contributed by atoms with Gasteiger partial charge in [0.2, 0.25) is 5.90 Å². The van der Waals surface area contributed by atoms with Crippen LogP contribution in [0.15, 0.2) is 23.2 Å². The summed E-state index contributed by atoms with van der Waals surface area (Å²) in [6.07, 6.45) is -4.63. The largest absolute Gasteiger partial charge is 0.507 e. The van der Waals surface area contributed by atoms with Crippen molar-refractivity contribution in [3.05, 3.63) is 29.3 Å². The lowest BCUT2D eigenvalue weighted by Gasteiger charge is -2.11. The highest BCUT2D eigenvalue weighted by Gasteiger charge is 2.34. The first-order valence-corrected chi connectivity index (χ1v) is 4.61. The van der Waals surface area contributed by atoms with E-state index in [2.05, 4.69) is 10.5 Å². The Labute approximate surface area is 95.7 Å². The Hall–Kier alpha value is -1.76. The van der Waals surface area contributed by atoms with Gasteiger partial charge in [-0.3, -0.25) is 4.99 Å². The molecule has 0 radical (unpaired) electrons. The highest BCUT2D eigenvalue weighted by molar-refractivity contribution is 5.94. The number of nitrogens with one attached hydrogen (secondary N) is 1. The van der Waals surface area contributed by atoms with Crippen molar-refractivity contribution in [2.45, 2.75) is 6.18 Å². The lowest BCUT2D eigenvalue weighted by atomic mass is 10.1. The minimum atomic E-state index is -4.63. The van der Waals surface area contributed by atoms with Crippen molar-refractivity contribution in [2.24, 2.45) is 4.99 Å². The average Bonchev–Trinajstić information content (AvgIpc) is 2.25. The molecular formula is C10H11F3N2O2. The topological polar surface area (TPSA) is 53.8 Å². The van der Waals surface area contributed by atoms with Crippen molar-refractivity contribution in [2.75, 3.05) is 14.1 Å². The second kappa shape index (κ2) is 5.05. The minimum absolute atomic E-state index is 0.00185. The molecule has 0 fully saturated rings. The predicted molar refractivity (Wildman–Crippen MR) is 55.7 cm³/mol. The second-order valence-electron chi connectivity index (χ2n) is 3.06. The van der Waals surface area contributed by atoms with Crippen LogP contribution in [-0.2, 0) is 11.0 Å². The van der Waals surface area contributed by atoms with E-state index in [4.69, 9.17) is 9.94 Å². The molecule has 0 aliphatic carbocycles. The average molecular weight is 248 g/mol. The molecule has 7 heteroatoms. The van der Waals surface area contributed by atoms with Crippen LogP contribution < -0.4 is 5.48 Å². The lowest BCUT2D eigenvalue weighted by Crippen LogP contribution is -2.17. The van der Waals surface area contributed by atoms with Gasteiger partial charge in [-0.05, 0) is 18.2 Å². The SMILES string of the molecule is CN=C(ONC)c1ccc(O)c(C(F)(F)F)c1. The van der Waals surface area contributed by atoms with E-state index in [1.807, 2.05) is 0 Å². The van der Waals surface area contributed by atoms with Crippen LogP contribution in [0.1, 0.15) is 11.1 Å². The maximum absolute atomic E-state index is 12.5. The van der Waals surface area contributed by atoms with Gasteiger partial charge < -0.3 is 9.94 Å². The fourth-order valence-electron chi connectivity index (χ4n) is 1.23. The fourth-order valence-corrected chi connectivity index (χ4v) is 1.23. The highest BCUT2D eigenvalue weighted by Crippen LogP contribution is 2.36. The summed E-state index contributed by atoms with van der Waals surface area (Å²) in [6.45, 7) is 0. The third-order valence-electron chi connectivity index (χ3n) is 1.95. The monoisotopic (exact) mass is 248 g/mol. The summed E-state index contributed by atoms with van der Waals surface area (Å²) in [7, 11) is 2.84. The Balaban J connectivity index is 3.21. The molecule has 0 saturated carbocycles. The van der Waals surface area contributed by atoms with E-state index < -0.39 is 17.5 Å². The van der Waals surface area contributed by atoms with Gasteiger partial charge in [0.05, 0.1) is 5.56 Å². The third-order valence-corrected chi connectivity index (χ3v) is 1.95. The van der Waals surface area contributed by atoms with Crippen molar-refractivity contribution in [1.29, 1.82) is 0 Å². The predicted octanol–water partition coefficient (Wildman–Crippen LogP) is 1.94. The summed E-state index contributed by atoms with van der Waals surface area (Å²) in [4.78, 5) is 8.52. The number of hydrogen-bond donors (Lipinski definition) is 2. The van der Waals surface area contributed by atoms with Gasteiger partial charge in [-0.25, -0.2) is 0 Å². The molecule has 0 bridgehead atoms. The molecule has 1 aromatic rings. The van der Waals surface area contributed by atoms with Crippen molar-refractivity contribution < 1.29 is 23.1 Å². The van der Waals surface area contributed by atoms with Gasteiger partial charge in [-0.1, -0.05) is 0 Å². The molecule has 0 unspecified atom stereocenters. The molecule has 17 heavy (non-hydrogen) atoms. The molecule has 1 rings (SSSR count). The number of hydrogen-bond acceptors (Lipinski definition) is 4. The number of halogens is 3. The van der Waals surface area contributed by atoms with Crippen LogP contribution in [-0.4, -0.2) is 25.1 Å². The molecule has 0 aromatic heterocycles. The zero-order chi connectivity index (χ0) is 13.1. The van der Waals surface area contributed by atoms with E-state index in [9.17, 15) is 13.2 Å². The second-order valence-corrected chi connectivity index (χ2v) is 3.06. The van der Waals surface area contributed by atoms with E-state index in [0.29, 0.717) is 0 Å². The quantitative estimate of drug-likeness (QED) is 0.477. The Kier molecular flexibility index (Phi) is 3.95. The number of hydroxylamine groups is 1. The zero-order valence-corrected chi connectivity index (χ0v) is 9.17. The van der Waals surface area contributed by atoms with Gasteiger partial charge in [0.15, 0.2) is 0 Å². The van der Waals surface area contributed by atoms with Gasteiger partial charge in [-0.2, -0.15) is 18.7 Å². The van der Waals surface area contributed by atoms with Crippen LogP contribution in [0.3, 0.4) is 0 Å². The van der Waals surface area contributed by atoms with Gasteiger partial charge in [0.25, 0.3) is 0 Å². The van der Waals surface area contributed by atoms with Gasteiger partial charge >= 0.3 is 6.18 Å². The number of phenolic OH excluding ortho intramolecular Hbond substituents is 1. The first-order valence-electron chi connectivity index (χ1n) is 4.61. The van der Waals surface area contributed by atoms with Crippen molar-refractivity contribution in [3.8, 4) is 5.75 Å². The minimum Gasteiger partial charge on any atom is -0.507 e. The molecule has 94 valence electrons. The van der Waals surface area contributed by atoms with Crippen LogP contribution in [0.4, 0.5) is 13.2 Å². The molecule has 0 amide bonds. The maximum Gasteiger partial charge on any atom is 0.419 e. The smallest absolute Gasteiger partial charge is 0.419 e. The van der Waals surface area contributed by atoms with Crippen molar-refractivity contribution in [1.82, 2.24) is 5.48 Å². The van der Waals surface area contributed by atoms with Gasteiger partial charge in [0, 0.05) is 19.7 Å². The van der Waals surface area contributed by atoms with Gasteiger partial charge in [-0.15, -0.1) is 0 Å². The molecule has 0 aliphatic rings. The standard InChI is InChI=1S/C10H11F3N2O2/c1-14-9(17-15-2)6-3-4-8(16)7(5-6)10(11,12)13/h3-5,15-16H,1-2H3. The van der Waals surface area contributed by atoms with E-state index in [0.717, 1.165) is 12.1 Å².